The van der Waals surface area contributed by atoms with E-state index in [9.17, 15) is 4.79 Å². The van der Waals surface area contributed by atoms with E-state index in [0.29, 0.717) is 11.9 Å². The first-order valence-electron chi connectivity index (χ1n) is 7.10. The van der Waals surface area contributed by atoms with E-state index >= 15 is 0 Å². The molecule has 2 aromatic carbocycles. The fourth-order valence-corrected chi connectivity index (χ4v) is 5.64. The summed E-state index contributed by atoms with van der Waals surface area (Å²) < 4.78 is 4.72. The first-order chi connectivity index (χ1) is 10.1. The number of carbonyl (C=O) groups is 1. The largest absolute Gasteiger partial charge is 0.464 e. The van der Waals surface area contributed by atoms with Crippen LogP contribution in [0.15, 0.2) is 42.5 Å². The van der Waals surface area contributed by atoms with E-state index in [1.165, 1.54) is 16.3 Å². The molecule has 0 saturated carbocycles. The first kappa shape index (κ1) is 14.8. The van der Waals surface area contributed by atoms with Gasteiger partial charge in [-0.3, -0.25) is 0 Å². The minimum atomic E-state index is -0.480. The summed E-state index contributed by atoms with van der Waals surface area (Å²) in [5, 5.41) is 2.85. The quantitative estimate of drug-likeness (QED) is 0.770. The van der Waals surface area contributed by atoms with Crippen molar-refractivity contribution in [2.24, 2.45) is 0 Å². The Morgan fingerprint density at radius 2 is 2.05 bits per heavy atom. The Balaban J connectivity index is 1.83. The molecule has 1 fully saturated rings. The molecule has 0 bridgehead atoms. The lowest BCUT2D eigenvalue weighted by molar-refractivity contribution is -0.142. The number of esters is 1. The minimum absolute atomic E-state index is 0.108. The van der Waals surface area contributed by atoms with Gasteiger partial charge in [0.1, 0.15) is 0 Å². The van der Waals surface area contributed by atoms with Crippen molar-refractivity contribution in [1.29, 1.82) is 0 Å². The lowest BCUT2D eigenvalue weighted by atomic mass is 10.1. The summed E-state index contributed by atoms with van der Waals surface area (Å²) in [6.07, 6.45) is 0. The SMILES string of the molecule is CCOC(=O)C1(C)SCC(c2ccc3ccccc3c2)S1. The maximum Gasteiger partial charge on any atom is 0.332 e. The van der Waals surface area contributed by atoms with Crippen LogP contribution in [0.2, 0.25) is 0 Å². The molecule has 1 aliphatic rings. The second kappa shape index (κ2) is 5.93. The normalized spacial score (nSPS) is 25.1. The highest BCUT2D eigenvalue weighted by atomic mass is 32.2. The van der Waals surface area contributed by atoms with Gasteiger partial charge < -0.3 is 4.74 Å². The molecule has 0 aliphatic carbocycles. The van der Waals surface area contributed by atoms with Crippen LogP contribution in [0.4, 0.5) is 0 Å². The summed E-state index contributed by atoms with van der Waals surface area (Å²) in [5.74, 6) is 0.835. The lowest BCUT2D eigenvalue weighted by Gasteiger charge is -2.20. The molecule has 1 saturated heterocycles. The van der Waals surface area contributed by atoms with Crippen LogP contribution in [-0.4, -0.2) is 22.4 Å². The van der Waals surface area contributed by atoms with E-state index in [0.717, 1.165) is 5.75 Å². The maximum atomic E-state index is 12.1. The van der Waals surface area contributed by atoms with Crippen LogP contribution in [0, 0.1) is 0 Å². The molecule has 1 heterocycles. The van der Waals surface area contributed by atoms with Gasteiger partial charge in [-0.05, 0) is 30.2 Å². The van der Waals surface area contributed by atoms with E-state index in [1.54, 1.807) is 23.5 Å². The molecule has 3 rings (SSSR count). The second-order valence-corrected chi connectivity index (χ2v) is 8.51. The highest BCUT2D eigenvalue weighted by Crippen LogP contribution is 2.55. The molecule has 2 nitrogen and oxygen atoms in total. The average Bonchev–Trinajstić information content (AvgIpc) is 2.91. The van der Waals surface area contributed by atoms with Crippen LogP contribution in [-0.2, 0) is 9.53 Å². The molecular formula is C17H18O2S2. The average molecular weight is 318 g/mol. The van der Waals surface area contributed by atoms with Gasteiger partial charge in [-0.2, -0.15) is 0 Å². The van der Waals surface area contributed by atoms with E-state index in [2.05, 4.69) is 42.5 Å². The van der Waals surface area contributed by atoms with E-state index < -0.39 is 4.08 Å². The Labute approximate surface area is 133 Å². The molecular weight excluding hydrogens is 300 g/mol. The van der Waals surface area contributed by atoms with Crippen molar-refractivity contribution in [2.45, 2.75) is 23.2 Å². The van der Waals surface area contributed by atoms with Crippen LogP contribution in [0.5, 0.6) is 0 Å². The highest BCUT2D eigenvalue weighted by molar-refractivity contribution is 8.22. The number of carbonyl (C=O) groups excluding carboxylic acids is 1. The fraction of sp³-hybridized carbons (Fsp3) is 0.353. The summed E-state index contributed by atoms with van der Waals surface area (Å²) in [6, 6.07) is 15.0. The third-order valence-corrected chi connectivity index (χ3v) is 7.08. The van der Waals surface area contributed by atoms with Crippen LogP contribution >= 0.6 is 23.5 Å². The Bertz CT molecular complexity index is 671. The van der Waals surface area contributed by atoms with Crippen molar-refractivity contribution in [2.75, 3.05) is 12.4 Å². The zero-order chi connectivity index (χ0) is 14.9. The monoisotopic (exact) mass is 318 g/mol. The molecule has 1 aliphatic heterocycles. The predicted octanol–water partition coefficient (Wildman–Crippen LogP) is 4.64. The summed E-state index contributed by atoms with van der Waals surface area (Å²) in [5.41, 5.74) is 1.29. The van der Waals surface area contributed by atoms with E-state index in [-0.39, 0.29) is 5.97 Å². The first-order valence-corrected chi connectivity index (χ1v) is 8.96. The number of rotatable bonds is 3. The van der Waals surface area contributed by atoms with Gasteiger partial charge in [-0.1, -0.05) is 42.5 Å². The number of fused-ring (bicyclic) bond motifs is 1. The molecule has 21 heavy (non-hydrogen) atoms. The maximum absolute atomic E-state index is 12.1. The Kier molecular flexibility index (Phi) is 4.18. The molecule has 4 heteroatoms. The van der Waals surface area contributed by atoms with Crippen LogP contribution < -0.4 is 0 Å². The summed E-state index contributed by atoms with van der Waals surface area (Å²) in [4.78, 5) is 12.1. The molecule has 0 radical (unpaired) electrons. The zero-order valence-corrected chi connectivity index (χ0v) is 13.8. The third kappa shape index (κ3) is 2.92. The Hall–Kier alpha value is -1.13. The van der Waals surface area contributed by atoms with Crippen LogP contribution in [0.1, 0.15) is 24.7 Å². The molecule has 2 aromatic rings. The number of hydrogen-bond acceptors (Lipinski definition) is 4. The molecule has 2 unspecified atom stereocenters. The number of benzene rings is 2. The van der Waals surface area contributed by atoms with Gasteiger partial charge in [0.05, 0.1) is 6.61 Å². The van der Waals surface area contributed by atoms with Gasteiger partial charge in [0, 0.05) is 11.0 Å². The smallest absolute Gasteiger partial charge is 0.332 e. The van der Waals surface area contributed by atoms with E-state index in [1.807, 2.05) is 13.8 Å². The van der Waals surface area contributed by atoms with E-state index in [4.69, 9.17) is 4.74 Å². The topological polar surface area (TPSA) is 26.3 Å². The van der Waals surface area contributed by atoms with Gasteiger partial charge in [-0.25, -0.2) is 4.79 Å². The molecule has 0 spiro atoms. The predicted molar refractivity (Wildman–Crippen MR) is 91.8 cm³/mol. The summed E-state index contributed by atoms with van der Waals surface area (Å²) in [7, 11) is 0. The van der Waals surface area contributed by atoms with Gasteiger partial charge in [-0.15, -0.1) is 23.5 Å². The van der Waals surface area contributed by atoms with Gasteiger partial charge in [0.2, 0.25) is 0 Å². The highest BCUT2D eigenvalue weighted by Gasteiger charge is 2.44. The van der Waals surface area contributed by atoms with Crippen LogP contribution in [0.3, 0.4) is 0 Å². The van der Waals surface area contributed by atoms with Crippen molar-refractivity contribution in [3.63, 3.8) is 0 Å². The Morgan fingerprint density at radius 1 is 1.29 bits per heavy atom. The minimum Gasteiger partial charge on any atom is -0.464 e. The number of hydrogen-bond donors (Lipinski definition) is 0. The molecule has 0 amide bonds. The fourth-order valence-electron chi connectivity index (χ4n) is 2.52. The molecule has 2 atom stereocenters. The molecule has 0 N–H and O–H groups in total. The van der Waals surface area contributed by atoms with Crippen molar-refractivity contribution in [3.05, 3.63) is 48.0 Å². The number of thioether (sulfide) groups is 2. The second-order valence-electron chi connectivity index (χ2n) is 5.19. The zero-order valence-electron chi connectivity index (χ0n) is 12.2. The summed E-state index contributed by atoms with van der Waals surface area (Å²) in [6.45, 7) is 4.27. The van der Waals surface area contributed by atoms with Crippen molar-refractivity contribution in [1.82, 2.24) is 0 Å². The molecule has 110 valence electrons. The van der Waals surface area contributed by atoms with Gasteiger partial charge >= 0.3 is 5.97 Å². The summed E-state index contributed by atoms with van der Waals surface area (Å²) >= 11 is 3.40. The van der Waals surface area contributed by atoms with Crippen molar-refractivity contribution < 1.29 is 9.53 Å². The number of ether oxygens (including phenoxy) is 1. The van der Waals surface area contributed by atoms with Crippen LogP contribution in [0.25, 0.3) is 10.8 Å². The van der Waals surface area contributed by atoms with Crippen molar-refractivity contribution >= 4 is 40.3 Å². The van der Waals surface area contributed by atoms with Gasteiger partial charge in [0.25, 0.3) is 0 Å². The lowest BCUT2D eigenvalue weighted by Crippen LogP contribution is -2.27. The van der Waals surface area contributed by atoms with Gasteiger partial charge in [0.15, 0.2) is 4.08 Å². The molecule has 0 aromatic heterocycles. The third-order valence-electron chi connectivity index (χ3n) is 3.67. The van der Waals surface area contributed by atoms with Crippen molar-refractivity contribution in [3.8, 4) is 0 Å². The standard InChI is InChI=1S/C17H18O2S2/c1-3-19-16(18)17(2)20-11-15(21-17)14-9-8-12-6-4-5-7-13(12)10-14/h4-10,15H,3,11H2,1-2H3. The Morgan fingerprint density at radius 3 is 2.81 bits per heavy atom.